The Hall–Kier alpha value is -0.830. The average Bonchev–Trinajstić information content (AvgIpc) is 2.09. The minimum absolute atomic E-state index is 0.742. The fourth-order valence-corrected chi connectivity index (χ4v) is 1.26. The molecule has 0 aromatic rings. The molecule has 1 N–H and O–H groups in total. The molecule has 0 aromatic heterocycles. The largest absolute Gasteiger partial charge is 0.359 e. The molecule has 0 aromatic carbocycles. The van der Waals surface area contributed by atoms with Crippen molar-refractivity contribution in [1.29, 1.82) is 0 Å². The summed E-state index contributed by atoms with van der Waals surface area (Å²) in [6, 6.07) is 0. The summed E-state index contributed by atoms with van der Waals surface area (Å²) in [4.78, 5) is 2.08. The molecule has 0 bridgehead atoms. The Kier molecular flexibility index (Phi) is 6.21. The van der Waals surface area contributed by atoms with E-state index in [0.717, 1.165) is 35.9 Å². The third-order valence-corrected chi connectivity index (χ3v) is 2.07. The van der Waals surface area contributed by atoms with Gasteiger partial charge in [0.1, 0.15) is 0 Å². The van der Waals surface area contributed by atoms with Crippen LogP contribution in [0.25, 0.3) is 0 Å². The van der Waals surface area contributed by atoms with Gasteiger partial charge in [0.05, 0.1) is 0 Å². The van der Waals surface area contributed by atoms with E-state index in [1.165, 1.54) is 0 Å². The number of nitrogens with one attached hydrogen (secondary N) is 1. The number of nitrogens with zero attached hydrogens (tertiary/aromatic N) is 1. The number of hydrogen-bond acceptors (Lipinski definition) is 1. The van der Waals surface area contributed by atoms with Crippen LogP contribution in [-0.2, 0) is 0 Å². The predicted octanol–water partition coefficient (Wildman–Crippen LogP) is 2.33. The van der Waals surface area contributed by atoms with Gasteiger partial charge in [0.2, 0.25) is 0 Å². The van der Waals surface area contributed by atoms with Gasteiger partial charge in [-0.05, 0) is 33.0 Å². The van der Waals surface area contributed by atoms with E-state index in [0.29, 0.717) is 0 Å². The van der Waals surface area contributed by atoms with Crippen LogP contribution in [0.4, 0.5) is 0 Å². The monoisotopic (exact) mass is 212 g/mol. The molecule has 0 rings (SSSR count). The first kappa shape index (κ1) is 13.2. The van der Waals surface area contributed by atoms with Gasteiger partial charge in [0, 0.05) is 19.6 Å². The van der Waals surface area contributed by atoms with Crippen molar-refractivity contribution in [3.05, 3.63) is 24.3 Å². The summed E-state index contributed by atoms with van der Waals surface area (Å²) in [5.41, 5.74) is 2.20. The predicted molar refractivity (Wildman–Crippen MR) is 67.5 cm³/mol. The average molecular weight is 212 g/mol. The zero-order chi connectivity index (χ0) is 11.1. The van der Waals surface area contributed by atoms with Crippen LogP contribution < -0.4 is 5.32 Å². The minimum atomic E-state index is 0.742. The summed E-state index contributed by atoms with van der Waals surface area (Å²) in [6.45, 7) is 16.2. The Morgan fingerprint density at radius 3 is 2.21 bits per heavy atom. The van der Waals surface area contributed by atoms with Crippen LogP contribution in [0.15, 0.2) is 24.3 Å². The van der Waals surface area contributed by atoms with Crippen molar-refractivity contribution in [2.24, 2.45) is 0 Å². The molecule has 0 spiro atoms. The molecule has 0 aliphatic carbocycles. The zero-order valence-corrected chi connectivity index (χ0v) is 10.2. The normalized spacial score (nSPS) is 9.36. The van der Waals surface area contributed by atoms with Crippen molar-refractivity contribution in [1.82, 2.24) is 10.2 Å². The van der Waals surface area contributed by atoms with Crippen LogP contribution in [0.5, 0.6) is 0 Å². The molecule has 3 heteroatoms. The Labute approximate surface area is 92.7 Å². The summed E-state index contributed by atoms with van der Waals surface area (Å²) in [5, 5.41) is 3.93. The van der Waals surface area contributed by atoms with Crippen molar-refractivity contribution in [2.45, 2.75) is 20.8 Å². The molecule has 0 saturated carbocycles. The fraction of sp³-hybridized carbons (Fsp3) is 0.545. The highest BCUT2D eigenvalue weighted by Crippen LogP contribution is 1.97. The van der Waals surface area contributed by atoms with E-state index in [1.807, 2.05) is 13.8 Å². The molecular weight excluding hydrogens is 192 g/mol. The summed E-state index contributed by atoms with van der Waals surface area (Å²) >= 11 is 5.24. The smallest absolute Gasteiger partial charge is 0.169 e. The number of hydrogen-bond donors (Lipinski definition) is 1. The van der Waals surface area contributed by atoms with E-state index in [2.05, 4.69) is 30.3 Å². The second kappa shape index (κ2) is 6.60. The van der Waals surface area contributed by atoms with Crippen LogP contribution in [0.2, 0.25) is 0 Å². The summed E-state index contributed by atoms with van der Waals surface area (Å²) in [6.07, 6.45) is 0. The third-order valence-electron chi connectivity index (χ3n) is 1.67. The second-order valence-electron chi connectivity index (χ2n) is 3.59. The van der Waals surface area contributed by atoms with E-state index in [4.69, 9.17) is 12.2 Å². The number of rotatable bonds is 5. The molecule has 0 unspecified atom stereocenters. The van der Waals surface area contributed by atoms with E-state index in [1.54, 1.807) is 0 Å². The van der Waals surface area contributed by atoms with Gasteiger partial charge in [0.25, 0.3) is 0 Å². The van der Waals surface area contributed by atoms with E-state index in [-0.39, 0.29) is 0 Å². The molecule has 80 valence electrons. The lowest BCUT2D eigenvalue weighted by Gasteiger charge is -2.24. The van der Waals surface area contributed by atoms with Gasteiger partial charge in [-0.15, -0.1) is 0 Å². The maximum Gasteiger partial charge on any atom is 0.169 e. The SMILES string of the molecule is C=C(C)CNC(=S)N(CC)CC(=C)C. The molecule has 0 saturated heterocycles. The van der Waals surface area contributed by atoms with Crippen molar-refractivity contribution in [3.63, 3.8) is 0 Å². The van der Waals surface area contributed by atoms with Gasteiger partial charge in [0.15, 0.2) is 5.11 Å². The Bertz CT molecular complexity index is 233. The molecule has 0 radical (unpaired) electrons. The summed E-state index contributed by atoms with van der Waals surface area (Å²) in [7, 11) is 0. The van der Waals surface area contributed by atoms with Crippen LogP contribution in [-0.4, -0.2) is 29.6 Å². The quantitative estimate of drug-likeness (QED) is 0.556. The Balaban J connectivity index is 4.04. The maximum absolute atomic E-state index is 5.24. The Morgan fingerprint density at radius 1 is 1.29 bits per heavy atom. The molecule has 0 amide bonds. The van der Waals surface area contributed by atoms with E-state index in [9.17, 15) is 0 Å². The lowest BCUT2D eigenvalue weighted by Crippen LogP contribution is -2.40. The van der Waals surface area contributed by atoms with Gasteiger partial charge in [-0.2, -0.15) is 0 Å². The lowest BCUT2D eigenvalue weighted by molar-refractivity contribution is 0.469. The molecule has 0 heterocycles. The lowest BCUT2D eigenvalue weighted by atomic mass is 10.3. The summed E-state index contributed by atoms with van der Waals surface area (Å²) < 4.78 is 0. The highest BCUT2D eigenvalue weighted by molar-refractivity contribution is 7.80. The molecule has 2 nitrogen and oxygen atoms in total. The first-order chi connectivity index (χ1) is 6.47. The van der Waals surface area contributed by atoms with Crippen molar-refractivity contribution >= 4 is 17.3 Å². The highest BCUT2D eigenvalue weighted by Gasteiger charge is 2.05. The van der Waals surface area contributed by atoms with Gasteiger partial charge in [-0.3, -0.25) is 0 Å². The van der Waals surface area contributed by atoms with E-state index >= 15 is 0 Å². The fourth-order valence-electron chi connectivity index (χ4n) is 0.991. The van der Waals surface area contributed by atoms with Crippen LogP contribution in [0.3, 0.4) is 0 Å². The molecule has 0 aliphatic rings. The Morgan fingerprint density at radius 2 is 1.86 bits per heavy atom. The van der Waals surface area contributed by atoms with Crippen molar-refractivity contribution in [3.8, 4) is 0 Å². The van der Waals surface area contributed by atoms with Gasteiger partial charge in [-0.1, -0.05) is 24.3 Å². The number of likely N-dealkylation sites (N-methyl/N-ethyl adjacent to an activating group) is 1. The highest BCUT2D eigenvalue weighted by atomic mass is 32.1. The van der Waals surface area contributed by atoms with Gasteiger partial charge in [-0.25, -0.2) is 0 Å². The van der Waals surface area contributed by atoms with Crippen LogP contribution >= 0.6 is 12.2 Å². The first-order valence-corrected chi connectivity index (χ1v) is 5.19. The molecular formula is C11H20N2S. The maximum atomic E-state index is 5.24. The van der Waals surface area contributed by atoms with Crippen LogP contribution in [0, 0.1) is 0 Å². The molecule has 0 fully saturated rings. The minimum Gasteiger partial charge on any atom is -0.359 e. The standard InChI is InChI=1S/C11H20N2S/c1-6-13(8-10(4)5)11(14)12-7-9(2)3/h2,4,6-8H2,1,3,5H3,(H,12,14). The number of thiocarbonyl (C=S) groups is 1. The summed E-state index contributed by atoms with van der Waals surface area (Å²) in [5.74, 6) is 0. The van der Waals surface area contributed by atoms with Crippen molar-refractivity contribution < 1.29 is 0 Å². The van der Waals surface area contributed by atoms with Gasteiger partial charge < -0.3 is 10.2 Å². The zero-order valence-electron chi connectivity index (χ0n) is 9.39. The van der Waals surface area contributed by atoms with Gasteiger partial charge >= 0.3 is 0 Å². The molecule has 14 heavy (non-hydrogen) atoms. The topological polar surface area (TPSA) is 15.3 Å². The molecule has 0 atom stereocenters. The van der Waals surface area contributed by atoms with Crippen molar-refractivity contribution in [2.75, 3.05) is 19.6 Å². The van der Waals surface area contributed by atoms with Crippen LogP contribution in [0.1, 0.15) is 20.8 Å². The second-order valence-corrected chi connectivity index (χ2v) is 3.97. The first-order valence-electron chi connectivity index (χ1n) is 4.79. The van der Waals surface area contributed by atoms with E-state index < -0.39 is 0 Å². The molecule has 0 aliphatic heterocycles. The third kappa shape index (κ3) is 5.75.